The lowest BCUT2D eigenvalue weighted by Gasteiger charge is -2.29. The molecule has 0 bridgehead atoms. The van der Waals surface area contributed by atoms with E-state index in [9.17, 15) is 4.39 Å². The predicted octanol–water partition coefficient (Wildman–Crippen LogP) is 0.939. The molecule has 1 fully saturated rings. The summed E-state index contributed by atoms with van der Waals surface area (Å²) >= 11 is 0. The molecule has 1 aliphatic rings. The molecule has 1 saturated heterocycles. The van der Waals surface area contributed by atoms with Crippen molar-refractivity contribution in [2.75, 3.05) is 31.1 Å². The zero-order valence-corrected chi connectivity index (χ0v) is 8.26. The molecule has 76 valence electrons. The number of rotatable bonds is 1. The SMILES string of the molecule is Cc1cc(F)cnc1N1CCNCC1. The average Bonchev–Trinajstić information content (AvgIpc) is 2.19. The molecule has 0 saturated carbocycles. The first-order valence-electron chi connectivity index (χ1n) is 4.85. The number of nitrogens with zero attached hydrogens (tertiary/aromatic N) is 2. The van der Waals surface area contributed by atoms with Crippen molar-refractivity contribution in [3.63, 3.8) is 0 Å². The standard InChI is InChI=1S/C10H14FN3/c1-8-6-9(11)7-13-10(8)14-4-2-12-3-5-14/h6-7,12H,2-5H2,1H3. The predicted molar refractivity (Wildman–Crippen MR) is 54.0 cm³/mol. The Morgan fingerprint density at radius 3 is 2.79 bits per heavy atom. The number of halogens is 1. The first-order valence-corrected chi connectivity index (χ1v) is 4.85. The van der Waals surface area contributed by atoms with Crippen LogP contribution in [-0.2, 0) is 0 Å². The molecule has 1 N–H and O–H groups in total. The molecule has 0 radical (unpaired) electrons. The maximum Gasteiger partial charge on any atom is 0.141 e. The Kier molecular flexibility index (Phi) is 2.63. The van der Waals surface area contributed by atoms with E-state index in [1.54, 1.807) is 0 Å². The molecular weight excluding hydrogens is 181 g/mol. The monoisotopic (exact) mass is 195 g/mol. The van der Waals surface area contributed by atoms with Gasteiger partial charge in [-0.1, -0.05) is 0 Å². The highest BCUT2D eigenvalue weighted by molar-refractivity contribution is 5.46. The van der Waals surface area contributed by atoms with Crippen molar-refractivity contribution in [2.45, 2.75) is 6.92 Å². The third-order valence-electron chi connectivity index (χ3n) is 2.43. The number of aryl methyl sites for hydroxylation is 1. The maximum absolute atomic E-state index is 12.8. The zero-order chi connectivity index (χ0) is 9.97. The fraction of sp³-hybridized carbons (Fsp3) is 0.500. The van der Waals surface area contributed by atoms with Crippen LogP contribution in [0, 0.1) is 12.7 Å². The Morgan fingerprint density at radius 2 is 2.14 bits per heavy atom. The van der Waals surface area contributed by atoms with Gasteiger partial charge in [0, 0.05) is 26.2 Å². The number of pyridine rings is 1. The van der Waals surface area contributed by atoms with Crippen LogP contribution in [0.2, 0.25) is 0 Å². The lowest BCUT2D eigenvalue weighted by molar-refractivity contribution is 0.579. The minimum atomic E-state index is -0.263. The van der Waals surface area contributed by atoms with E-state index in [-0.39, 0.29) is 5.82 Å². The lowest BCUT2D eigenvalue weighted by atomic mass is 10.2. The van der Waals surface area contributed by atoms with Crippen LogP contribution >= 0.6 is 0 Å². The van der Waals surface area contributed by atoms with Crippen LogP contribution in [0.4, 0.5) is 10.2 Å². The summed E-state index contributed by atoms with van der Waals surface area (Å²) in [7, 11) is 0. The molecule has 0 aliphatic carbocycles. The minimum Gasteiger partial charge on any atom is -0.354 e. The van der Waals surface area contributed by atoms with Gasteiger partial charge >= 0.3 is 0 Å². The largest absolute Gasteiger partial charge is 0.354 e. The molecule has 3 nitrogen and oxygen atoms in total. The Hall–Kier alpha value is -1.16. The maximum atomic E-state index is 12.8. The van der Waals surface area contributed by atoms with E-state index >= 15 is 0 Å². The van der Waals surface area contributed by atoms with Crippen LogP contribution < -0.4 is 10.2 Å². The Balaban J connectivity index is 2.22. The van der Waals surface area contributed by atoms with Crippen molar-refractivity contribution >= 4 is 5.82 Å². The van der Waals surface area contributed by atoms with Crippen molar-refractivity contribution in [1.82, 2.24) is 10.3 Å². The summed E-state index contributed by atoms with van der Waals surface area (Å²) in [5.41, 5.74) is 0.909. The molecule has 0 spiro atoms. The van der Waals surface area contributed by atoms with Gasteiger partial charge in [-0.3, -0.25) is 0 Å². The second kappa shape index (κ2) is 3.92. The van der Waals surface area contributed by atoms with Crippen LogP contribution in [0.3, 0.4) is 0 Å². The van der Waals surface area contributed by atoms with Gasteiger partial charge in [0.15, 0.2) is 0 Å². The van der Waals surface area contributed by atoms with E-state index in [1.165, 1.54) is 12.3 Å². The smallest absolute Gasteiger partial charge is 0.141 e. The van der Waals surface area contributed by atoms with Gasteiger partial charge in [-0.2, -0.15) is 0 Å². The average molecular weight is 195 g/mol. The van der Waals surface area contributed by atoms with Gasteiger partial charge < -0.3 is 10.2 Å². The number of piperazine rings is 1. The van der Waals surface area contributed by atoms with Crippen molar-refractivity contribution in [2.24, 2.45) is 0 Å². The van der Waals surface area contributed by atoms with E-state index in [1.807, 2.05) is 6.92 Å². The zero-order valence-electron chi connectivity index (χ0n) is 8.26. The van der Waals surface area contributed by atoms with Gasteiger partial charge in [0.2, 0.25) is 0 Å². The van der Waals surface area contributed by atoms with Crippen LogP contribution in [0.15, 0.2) is 12.3 Å². The molecule has 0 unspecified atom stereocenters. The van der Waals surface area contributed by atoms with E-state index in [4.69, 9.17) is 0 Å². The minimum absolute atomic E-state index is 0.263. The van der Waals surface area contributed by atoms with E-state index in [0.29, 0.717) is 0 Å². The number of nitrogens with one attached hydrogen (secondary N) is 1. The van der Waals surface area contributed by atoms with E-state index in [0.717, 1.165) is 37.6 Å². The van der Waals surface area contributed by atoms with Crippen molar-refractivity contribution in [1.29, 1.82) is 0 Å². The molecule has 1 aliphatic heterocycles. The van der Waals surface area contributed by atoms with Crippen LogP contribution in [0.25, 0.3) is 0 Å². The number of hydrogen-bond donors (Lipinski definition) is 1. The first-order chi connectivity index (χ1) is 6.77. The normalized spacial score (nSPS) is 17.1. The van der Waals surface area contributed by atoms with Gasteiger partial charge in [-0.15, -0.1) is 0 Å². The van der Waals surface area contributed by atoms with E-state index in [2.05, 4.69) is 15.2 Å². The Bertz CT molecular complexity index is 321. The Morgan fingerprint density at radius 1 is 1.43 bits per heavy atom. The summed E-state index contributed by atoms with van der Waals surface area (Å²) in [4.78, 5) is 6.31. The van der Waals surface area contributed by atoms with Crippen LogP contribution in [0.1, 0.15) is 5.56 Å². The van der Waals surface area contributed by atoms with Gasteiger partial charge in [0.25, 0.3) is 0 Å². The highest BCUT2D eigenvalue weighted by atomic mass is 19.1. The number of anilines is 1. The van der Waals surface area contributed by atoms with Crippen molar-refractivity contribution in [3.05, 3.63) is 23.6 Å². The summed E-state index contributed by atoms with van der Waals surface area (Å²) in [5.74, 6) is 0.647. The first kappa shape index (κ1) is 9.40. The molecule has 0 atom stereocenters. The molecule has 4 heteroatoms. The Labute approximate surface area is 82.9 Å². The van der Waals surface area contributed by atoms with Crippen LogP contribution in [0.5, 0.6) is 0 Å². The summed E-state index contributed by atoms with van der Waals surface area (Å²) in [5, 5.41) is 3.27. The third kappa shape index (κ3) is 1.85. The molecule has 1 aromatic rings. The summed E-state index contributed by atoms with van der Waals surface area (Å²) in [6, 6.07) is 1.53. The van der Waals surface area contributed by atoms with Crippen molar-refractivity contribution in [3.8, 4) is 0 Å². The van der Waals surface area contributed by atoms with Crippen molar-refractivity contribution < 1.29 is 4.39 Å². The summed E-state index contributed by atoms with van der Waals surface area (Å²) < 4.78 is 12.8. The quantitative estimate of drug-likeness (QED) is 0.722. The second-order valence-electron chi connectivity index (χ2n) is 3.53. The topological polar surface area (TPSA) is 28.2 Å². The highest BCUT2D eigenvalue weighted by Gasteiger charge is 2.13. The van der Waals surface area contributed by atoms with Gasteiger partial charge in [0.1, 0.15) is 11.6 Å². The van der Waals surface area contributed by atoms with Gasteiger partial charge in [-0.25, -0.2) is 9.37 Å². The molecule has 0 aromatic carbocycles. The fourth-order valence-electron chi connectivity index (χ4n) is 1.74. The summed E-state index contributed by atoms with van der Waals surface area (Å²) in [6.07, 6.45) is 1.28. The second-order valence-corrected chi connectivity index (χ2v) is 3.53. The third-order valence-corrected chi connectivity index (χ3v) is 2.43. The molecule has 14 heavy (non-hydrogen) atoms. The molecule has 1 aromatic heterocycles. The number of hydrogen-bond acceptors (Lipinski definition) is 3. The summed E-state index contributed by atoms with van der Waals surface area (Å²) in [6.45, 7) is 5.73. The molecular formula is C10H14FN3. The van der Waals surface area contributed by atoms with Gasteiger partial charge in [0.05, 0.1) is 6.20 Å². The number of aromatic nitrogens is 1. The molecule has 2 heterocycles. The lowest BCUT2D eigenvalue weighted by Crippen LogP contribution is -2.44. The van der Waals surface area contributed by atoms with Crippen LogP contribution in [-0.4, -0.2) is 31.2 Å². The molecule has 0 amide bonds. The molecule has 2 rings (SSSR count). The highest BCUT2D eigenvalue weighted by Crippen LogP contribution is 2.17. The fourth-order valence-corrected chi connectivity index (χ4v) is 1.74. The van der Waals surface area contributed by atoms with Gasteiger partial charge in [-0.05, 0) is 18.6 Å². The van der Waals surface area contributed by atoms with E-state index < -0.39 is 0 Å².